The van der Waals surface area contributed by atoms with E-state index < -0.39 is 0 Å². The van der Waals surface area contributed by atoms with Crippen molar-refractivity contribution in [1.82, 2.24) is 9.38 Å². The van der Waals surface area contributed by atoms with Crippen LogP contribution in [0.1, 0.15) is 11.4 Å². The summed E-state index contributed by atoms with van der Waals surface area (Å²) in [4.78, 5) is 17.1. The molecule has 6 heteroatoms. The largest absolute Gasteiger partial charge is 0.487 e. The Morgan fingerprint density at radius 1 is 1.35 bits per heavy atom. The molecule has 20 heavy (non-hydrogen) atoms. The van der Waals surface area contributed by atoms with Gasteiger partial charge in [0.2, 0.25) is 0 Å². The normalized spacial score (nSPS) is 10.8. The van der Waals surface area contributed by atoms with Gasteiger partial charge in [0, 0.05) is 22.8 Å². The molecule has 0 amide bonds. The maximum Gasteiger partial charge on any atom is 0.259 e. The SMILES string of the molecule is Cc1csc2nc(COc3ccc(N)cc3)cc(=O)n12. The summed E-state index contributed by atoms with van der Waals surface area (Å²) in [6.07, 6.45) is 0. The molecular formula is C14H13N3O2S. The van der Waals surface area contributed by atoms with Crippen LogP contribution in [0, 0.1) is 6.92 Å². The third-order valence-corrected chi connectivity index (χ3v) is 3.84. The van der Waals surface area contributed by atoms with Crippen LogP contribution in [0.4, 0.5) is 5.69 Å². The molecule has 1 aromatic carbocycles. The van der Waals surface area contributed by atoms with Crippen LogP contribution in [0.15, 0.2) is 40.5 Å². The van der Waals surface area contributed by atoms with E-state index in [9.17, 15) is 4.79 Å². The third-order valence-electron chi connectivity index (χ3n) is 2.90. The molecule has 102 valence electrons. The van der Waals surface area contributed by atoms with Gasteiger partial charge in [-0.3, -0.25) is 9.20 Å². The van der Waals surface area contributed by atoms with Gasteiger partial charge in [-0.25, -0.2) is 4.98 Å². The van der Waals surface area contributed by atoms with Crippen LogP contribution in [0.2, 0.25) is 0 Å². The molecule has 0 fully saturated rings. The fraction of sp³-hybridized carbons (Fsp3) is 0.143. The molecule has 0 bridgehead atoms. The van der Waals surface area contributed by atoms with E-state index in [0.29, 0.717) is 22.1 Å². The first-order chi connectivity index (χ1) is 9.63. The van der Waals surface area contributed by atoms with Crippen LogP contribution in [0.5, 0.6) is 5.75 Å². The number of rotatable bonds is 3. The average molecular weight is 287 g/mol. The van der Waals surface area contributed by atoms with Crippen molar-refractivity contribution in [2.24, 2.45) is 0 Å². The van der Waals surface area contributed by atoms with E-state index >= 15 is 0 Å². The Hall–Kier alpha value is -2.34. The molecule has 0 spiro atoms. The molecule has 0 aliphatic rings. The number of ether oxygens (including phenoxy) is 1. The van der Waals surface area contributed by atoms with Crippen LogP contribution < -0.4 is 16.0 Å². The number of hydrogen-bond acceptors (Lipinski definition) is 5. The molecule has 0 saturated heterocycles. The van der Waals surface area contributed by atoms with Gasteiger partial charge in [-0.15, -0.1) is 11.3 Å². The molecule has 0 aliphatic heterocycles. The lowest BCUT2D eigenvalue weighted by atomic mass is 10.3. The van der Waals surface area contributed by atoms with Crippen LogP contribution in [-0.4, -0.2) is 9.38 Å². The summed E-state index contributed by atoms with van der Waals surface area (Å²) in [6.45, 7) is 2.14. The van der Waals surface area contributed by atoms with Crippen molar-refractivity contribution < 1.29 is 4.74 Å². The molecule has 2 N–H and O–H groups in total. The lowest BCUT2D eigenvalue weighted by Crippen LogP contribution is -2.15. The summed E-state index contributed by atoms with van der Waals surface area (Å²) in [7, 11) is 0. The highest BCUT2D eigenvalue weighted by Gasteiger charge is 2.06. The number of nitrogen functional groups attached to an aromatic ring is 1. The Bertz CT molecular complexity index is 805. The standard InChI is InChI=1S/C14H13N3O2S/c1-9-8-20-14-16-11(6-13(18)17(9)14)7-19-12-4-2-10(15)3-5-12/h2-6,8H,7,15H2,1H3. The maximum atomic E-state index is 12.0. The minimum absolute atomic E-state index is 0.0790. The van der Waals surface area contributed by atoms with Gasteiger partial charge in [-0.2, -0.15) is 0 Å². The molecule has 3 rings (SSSR count). The molecule has 2 aromatic heterocycles. The van der Waals surface area contributed by atoms with Gasteiger partial charge >= 0.3 is 0 Å². The van der Waals surface area contributed by atoms with Crippen molar-refractivity contribution in [3.8, 4) is 5.75 Å². The summed E-state index contributed by atoms with van der Waals surface area (Å²) < 4.78 is 7.19. The molecule has 3 aromatic rings. The van der Waals surface area contributed by atoms with Crippen molar-refractivity contribution in [3.63, 3.8) is 0 Å². The molecule has 0 unspecified atom stereocenters. The highest BCUT2D eigenvalue weighted by Crippen LogP contribution is 2.15. The average Bonchev–Trinajstić information content (AvgIpc) is 2.80. The van der Waals surface area contributed by atoms with Crippen molar-refractivity contribution in [2.45, 2.75) is 13.5 Å². The Kier molecular flexibility index (Phi) is 3.15. The second-order valence-electron chi connectivity index (χ2n) is 4.44. The van der Waals surface area contributed by atoms with Crippen LogP contribution in [-0.2, 0) is 6.61 Å². The summed E-state index contributed by atoms with van der Waals surface area (Å²) in [6, 6.07) is 8.61. The minimum atomic E-state index is -0.0790. The van der Waals surface area contributed by atoms with Gasteiger partial charge in [0.25, 0.3) is 5.56 Å². The molecule has 0 atom stereocenters. The number of aromatic nitrogens is 2. The quantitative estimate of drug-likeness (QED) is 0.750. The van der Waals surface area contributed by atoms with E-state index in [2.05, 4.69) is 4.98 Å². The van der Waals surface area contributed by atoms with Crippen molar-refractivity contribution in [3.05, 3.63) is 57.5 Å². The van der Waals surface area contributed by atoms with Gasteiger partial charge in [0.15, 0.2) is 4.96 Å². The van der Waals surface area contributed by atoms with E-state index in [-0.39, 0.29) is 12.2 Å². The van der Waals surface area contributed by atoms with E-state index in [4.69, 9.17) is 10.5 Å². The zero-order valence-electron chi connectivity index (χ0n) is 10.9. The lowest BCUT2D eigenvalue weighted by Gasteiger charge is -2.06. The number of nitrogens with two attached hydrogens (primary N) is 1. The van der Waals surface area contributed by atoms with E-state index in [0.717, 1.165) is 5.69 Å². The summed E-state index contributed by atoms with van der Waals surface area (Å²) >= 11 is 1.45. The number of anilines is 1. The maximum absolute atomic E-state index is 12.0. The molecule has 0 radical (unpaired) electrons. The third kappa shape index (κ3) is 2.37. The highest BCUT2D eigenvalue weighted by molar-refractivity contribution is 7.15. The van der Waals surface area contributed by atoms with Gasteiger partial charge in [0.1, 0.15) is 12.4 Å². The van der Waals surface area contributed by atoms with E-state index in [1.165, 1.54) is 17.4 Å². The number of aryl methyl sites for hydroxylation is 1. The first-order valence-electron chi connectivity index (χ1n) is 6.08. The first kappa shape index (κ1) is 12.7. The Morgan fingerprint density at radius 3 is 2.85 bits per heavy atom. The Balaban J connectivity index is 1.84. The Labute approximate surface area is 119 Å². The van der Waals surface area contributed by atoms with Crippen molar-refractivity contribution in [1.29, 1.82) is 0 Å². The Morgan fingerprint density at radius 2 is 2.10 bits per heavy atom. The summed E-state index contributed by atoms with van der Waals surface area (Å²) in [5.41, 5.74) is 7.73. The molecule has 0 saturated carbocycles. The predicted octanol–water partition coefficient (Wildman–Crippen LogP) is 2.23. The number of fused-ring (bicyclic) bond motifs is 1. The molecule has 0 aliphatic carbocycles. The summed E-state index contributed by atoms with van der Waals surface area (Å²) in [5, 5.41) is 1.91. The topological polar surface area (TPSA) is 69.6 Å². The van der Waals surface area contributed by atoms with Crippen molar-refractivity contribution >= 4 is 22.0 Å². The van der Waals surface area contributed by atoms with Crippen molar-refractivity contribution in [2.75, 3.05) is 5.73 Å². The lowest BCUT2D eigenvalue weighted by molar-refractivity contribution is 0.301. The van der Waals surface area contributed by atoms with Gasteiger partial charge in [0.05, 0.1) is 5.69 Å². The fourth-order valence-corrected chi connectivity index (χ4v) is 2.79. The van der Waals surface area contributed by atoms with Gasteiger partial charge < -0.3 is 10.5 Å². The first-order valence-corrected chi connectivity index (χ1v) is 6.96. The van der Waals surface area contributed by atoms with Crippen LogP contribution in [0.3, 0.4) is 0 Å². The van der Waals surface area contributed by atoms with E-state index in [1.807, 2.05) is 12.3 Å². The number of nitrogens with zero attached hydrogens (tertiary/aromatic N) is 2. The van der Waals surface area contributed by atoms with Gasteiger partial charge in [-0.1, -0.05) is 0 Å². The van der Waals surface area contributed by atoms with Crippen LogP contribution in [0.25, 0.3) is 4.96 Å². The van der Waals surface area contributed by atoms with Gasteiger partial charge in [-0.05, 0) is 31.2 Å². The molecule has 5 nitrogen and oxygen atoms in total. The smallest absolute Gasteiger partial charge is 0.259 e. The minimum Gasteiger partial charge on any atom is -0.487 e. The zero-order valence-corrected chi connectivity index (χ0v) is 11.7. The molecular weight excluding hydrogens is 274 g/mol. The predicted molar refractivity (Wildman–Crippen MR) is 79.3 cm³/mol. The zero-order chi connectivity index (χ0) is 14.1. The number of thiazole rings is 1. The second-order valence-corrected chi connectivity index (χ2v) is 5.28. The second kappa shape index (κ2) is 4.97. The fourth-order valence-electron chi connectivity index (χ4n) is 1.90. The summed E-state index contributed by atoms with van der Waals surface area (Å²) in [5.74, 6) is 0.698. The van der Waals surface area contributed by atoms with Crippen LogP contribution >= 0.6 is 11.3 Å². The van der Waals surface area contributed by atoms with E-state index in [1.54, 1.807) is 28.7 Å². The molecule has 2 heterocycles. The highest BCUT2D eigenvalue weighted by atomic mass is 32.1. The monoisotopic (exact) mass is 287 g/mol. The number of hydrogen-bond donors (Lipinski definition) is 1. The number of benzene rings is 1.